The number of methoxy groups -OCH3 is 2. The number of fused-ring (bicyclic) bond motifs is 1. The summed E-state index contributed by atoms with van der Waals surface area (Å²) in [5, 5.41) is 3.02. The van der Waals surface area contributed by atoms with E-state index in [9.17, 15) is 9.59 Å². The molecule has 5 rings (SSSR count). The first-order chi connectivity index (χ1) is 16.4. The van der Waals surface area contributed by atoms with E-state index < -0.39 is 17.4 Å². The highest BCUT2D eigenvalue weighted by molar-refractivity contribution is 5.93. The Morgan fingerprint density at radius 1 is 1.12 bits per heavy atom. The molecule has 7 heteroatoms. The number of nitrogens with one attached hydrogen (secondary N) is 1. The molecular weight excluding hydrogens is 432 g/mol. The quantitative estimate of drug-likeness (QED) is 0.611. The van der Waals surface area contributed by atoms with Gasteiger partial charge in [-0.1, -0.05) is 48.0 Å². The Kier molecular flexibility index (Phi) is 5.81. The second-order valence-electron chi connectivity index (χ2n) is 9.30. The summed E-state index contributed by atoms with van der Waals surface area (Å²) >= 11 is 0. The number of likely N-dealkylation sites (tertiary alicyclic amines) is 1. The van der Waals surface area contributed by atoms with E-state index in [1.54, 1.807) is 14.2 Å². The fraction of sp³-hybridized carbons (Fsp3) is 0.407. The van der Waals surface area contributed by atoms with Gasteiger partial charge in [0.2, 0.25) is 11.8 Å². The number of aryl methyl sites for hydroxylation is 1. The third-order valence-electron chi connectivity index (χ3n) is 7.19. The summed E-state index contributed by atoms with van der Waals surface area (Å²) in [4.78, 5) is 28.4. The highest BCUT2D eigenvalue weighted by Gasteiger charge is 2.66. The van der Waals surface area contributed by atoms with Crippen molar-refractivity contribution in [3.05, 3.63) is 71.3 Å². The topological polar surface area (TPSA) is 77.1 Å². The minimum Gasteiger partial charge on any atom is -0.493 e. The van der Waals surface area contributed by atoms with E-state index in [0.29, 0.717) is 37.6 Å². The minimum atomic E-state index is -0.703. The predicted molar refractivity (Wildman–Crippen MR) is 127 cm³/mol. The summed E-state index contributed by atoms with van der Waals surface area (Å²) < 4.78 is 16.9. The SMILES string of the molecule is COc1ccc(CCN2C[C@@]34C=C[C@H](O3)[C@H](C(=O)NCc3ccc(C)cc3)[C@H]4C2=O)cc1OC. The molecule has 0 unspecified atom stereocenters. The molecule has 3 aliphatic heterocycles. The Balaban J connectivity index is 1.25. The number of hydrogen-bond donors (Lipinski definition) is 1. The van der Waals surface area contributed by atoms with E-state index in [2.05, 4.69) is 5.32 Å². The molecule has 0 aliphatic carbocycles. The lowest BCUT2D eigenvalue weighted by Crippen LogP contribution is -2.44. The van der Waals surface area contributed by atoms with E-state index in [1.165, 1.54) is 5.56 Å². The highest BCUT2D eigenvalue weighted by atomic mass is 16.5. The summed E-state index contributed by atoms with van der Waals surface area (Å²) in [7, 11) is 3.21. The standard InChI is InChI=1S/C27H30N2O5/c1-17-4-6-19(7-5-17)15-28-25(30)23-21-10-12-27(34-21)16-29(26(31)24(23)27)13-11-18-8-9-20(32-2)22(14-18)33-3/h4-10,12,14,21,23-24H,11,13,15-16H2,1-3H3,(H,28,30)/t21-,23-,24-,27+/m0/s1. The molecule has 1 spiro atoms. The number of carbonyl (C=O) groups excluding carboxylic acids is 2. The van der Waals surface area contributed by atoms with E-state index in [-0.39, 0.29) is 17.9 Å². The van der Waals surface area contributed by atoms with Gasteiger partial charge in [-0.05, 0) is 36.6 Å². The molecular formula is C27H30N2O5. The summed E-state index contributed by atoms with van der Waals surface area (Å²) in [6, 6.07) is 13.8. The lowest BCUT2D eigenvalue weighted by Gasteiger charge is -2.23. The van der Waals surface area contributed by atoms with Gasteiger partial charge in [0.05, 0.1) is 38.7 Å². The lowest BCUT2D eigenvalue weighted by molar-refractivity contribution is -0.137. The number of nitrogens with zero attached hydrogens (tertiary/aromatic N) is 1. The smallest absolute Gasteiger partial charge is 0.230 e. The van der Waals surface area contributed by atoms with Crippen LogP contribution in [0.3, 0.4) is 0 Å². The maximum Gasteiger partial charge on any atom is 0.230 e. The van der Waals surface area contributed by atoms with Crippen molar-refractivity contribution in [2.45, 2.75) is 31.6 Å². The van der Waals surface area contributed by atoms with E-state index in [4.69, 9.17) is 14.2 Å². The van der Waals surface area contributed by atoms with Crippen molar-refractivity contribution < 1.29 is 23.8 Å². The molecule has 178 valence electrons. The monoisotopic (exact) mass is 462 g/mol. The molecule has 4 atom stereocenters. The molecule has 2 bridgehead atoms. The molecule has 2 saturated heterocycles. The first-order valence-corrected chi connectivity index (χ1v) is 11.6. The molecule has 0 radical (unpaired) electrons. The number of benzene rings is 2. The molecule has 34 heavy (non-hydrogen) atoms. The number of hydrogen-bond acceptors (Lipinski definition) is 5. The van der Waals surface area contributed by atoms with Gasteiger partial charge in [-0.2, -0.15) is 0 Å². The van der Waals surface area contributed by atoms with Crippen LogP contribution in [0.2, 0.25) is 0 Å². The van der Waals surface area contributed by atoms with Crippen molar-refractivity contribution in [3.8, 4) is 11.5 Å². The molecule has 2 aromatic carbocycles. The van der Waals surface area contributed by atoms with Crippen molar-refractivity contribution in [2.75, 3.05) is 27.3 Å². The second kappa shape index (κ2) is 8.80. The van der Waals surface area contributed by atoms with Crippen LogP contribution in [-0.2, 0) is 27.3 Å². The maximum atomic E-state index is 13.4. The van der Waals surface area contributed by atoms with Crippen LogP contribution in [0, 0.1) is 18.8 Å². The molecule has 0 aromatic heterocycles. The average molecular weight is 463 g/mol. The highest BCUT2D eigenvalue weighted by Crippen LogP contribution is 2.51. The summed E-state index contributed by atoms with van der Waals surface area (Å²) in [5.74, 6) is 0.213. The van der Waals surface area contributed by atoms with E-state index in [0.717, 1.165) is 11.1 Å². The predicted octanol–water partition coefficient (Wildman–Crippen LogP) is 2.65. The summed E-state index contributed by atoms with van der Waals surface area (Å²) in [6.45, 7) is 3.48. The van der Waals surface area contributed by atoms with Crippen molar-refractivity contribution in [1.82, 2.24) is 10.2 Å². The third kappa shape index (κ3) is 3.84. The molecule has 2 fully saturated rings. The number of amides is 2. The van der Waals surface area contributed by atoms with Gasteiger partial charge in [0, 0.05) is 13.1 Å². The van der Waals surface area contributed by atoms with Crippen LogP contribution >= 0.6 is 0 Å². The van der Waals surface area contributed by atoms with Gasteiger partial charge in [0.25, 0.3) is 0 Å². The van der Waals surface area contributed by atoms with Crippen molar-refractivity contribution in [1.29, 1.82) is 0 Å². The zero-order chi connectivity index (χ0) is 23.9. The molecule has 2 amide bonds. The maximum absolute atomic E-state index is 13.4. The molecule has 7 nitrogen and oxygen atoms in total. The normalized spacial score (nSPS) is 26.6. The fourth-order valence-corrected chi connectivity index (χ4v) is 5.38. The molecule has 2 aromatic rings. The minimum absolute atomic E-state index is 0.0113. The van der Waals surface area contributed by atoms with Gasteiger partial charge in [0.1, 0.15) is 5.60 Å². The largest absolute Gasteiger partial charge is 0.493 e. The first-order valence-electron chi connectivity index (χ1n) is 11.6. The van der Waals surface area contributed by atoms with Gasteiger partial charge < -0.3 is 24.4 Å². The van der Waals surface area contributed by atoms with E-state index in [1.807, 2.05) is 66.4 Å². The number of ether oxygens (including phenoxy) is 3. The lowest BCUT2D eigenvalue weighted by atomic mass is 9.77. The van der Waals surface area contributed by atoms with Crippen LogP contribution in [0.5, 0.6) is 11.5 Å². The Bertz CT molecular complexity index is 1130. The van der Waals surface area contributed by atoms with Gasteiger partial charge in [-0.25, -0.2) is 0 Å². The molecule has 3 heterocycles. The van der Waals surface area contributed by atoms with Crippen LogP contribution < -0.4 is 14.8 Å². The number of rotatable bonds is 8. The van der Waals surface area contributed by atoms with Crippen LogP contribution in [0.4, 0.5) is 0 Å². The Hall–Kier alpha value is -3.32. The Labute approximate surface area is 199 Å². The van der Waals surface area contributed by atoms with Crippen LogP contribution in [0.15, 0.2) is 54.6 Å². The van der Waals surface area contributed by atoms with Crippen LogP contribution in [0.1, 0.15) is 16.7 Å². The molecule has 3 aliphatic rings. The second-order valence-corrected chi connectivity index (χ2v) is 9.30. The van der Waals surface area contributed by atoms with Crippen molar-refractivity contribution in [2.24, 2.45) is 11.8 Å². The van der Waals surface area contributed by atoms with Crippen LogP contribution in [0.25, 0.3) is 0 Å². The molecule has 1 N–H and O–H groups in total. The van der Waals surface area contributed by atoms with Gasteiger partial charge >= 0.3 is 0 Å². The summed E-state index contributed by atoms with van der Waals surface area (Å²) in [6.07, 6.45) is 4.25. The average Bonchev–Trinajstić information content (AvgIpc) is 3.50. The van der Waals surface area contributed by atoms with Crippen LogP contribution in [-0.4, -0.2) is 55.7 Å². The zero-order valence-corrected chi connectivity index (χ0v) is 19.7. The van der Waals surface area contributed by atoms with Crippen molar-refractivity contribution in [3.63, 3.8) is 0 Å². The first kappa shape index (κ1) is 22.5. The molecule has 0 saturated carbocycles. The van der Waals surface area contributed by atoms with Gasteiger partial charge in [-0.3, -0.25) is 9.59 Å². The Morgan fingerprint density at radius 3 is 2.59 bits per heavy atom. The zero-order valence-electron chi connectivity index (χ0n) is 19.7. The number of carbonyl (C=O) groups is 2. The van der Waals surface area contributed by atoms with Crippen molar-refractivity contribution >= 4 is 11.8 Å². The fourth-order valence-electron chi connectivity index (χ4n) is 5.38. The van der Waals surface area contributed by atoms with Gasteiger partial charge in [-0.15, -0.1) is 0 Å². The summed E-state index contributed by atoms with van der Waals surface area (Å²) in [5.41, 5.74) is 2.55. The van der Waals surface area contributed by atoms with E-state index >= 15 is 0 Å². The Morgan fingerprint density at radius 2 is 1.85 bits per heavy atom. The third-order valence-corrected chi connectivity index (χ3v) is 7.19. The van der Waals surface area contributed by atoms with Gasteiger partial charge in [0.15, 0.2) is 11.5 Å².